The molecule has 0 amide bonds. The lowest BCUT2D eigenvalue weighted by Crippen LogP contribution is -2.04. The van der Waals surface area contributed by atoms with Crippen LogP contribution < -0.4 is 9.47 Å². The molecule has 12 nitrogen and oxygen atoms in total. The maximum Gasteiger partial charge on any atom is 0.330 e. The number of halogens is 2. The summed E-state index contributed by atoms with van der Waals surface area (Å²) in [6.07, 6.45) is 5.05. The van der Waals surface area contributed by atoms with Crippen molar-refractivity contribution in [1.29, 1.82) is 0 Å². The van der Waals surface area contributed by atoms with Crippen LogP contribution in [0.1, 0.15) is 31.2 Å². The minimum absolute atomic E-state index is 0.315. The second-order valence-electron chi connectivity index (χ2n) is 11.2. The molecule has 0 N–H and O–H groups in total. The van der Waals surface area contributed by atoms with Crippen molar-refractivity contribution < 1.29 is 28.5 Å². The highest BCUT2D eigenvalue weighted by Crippen LogP contribution is 2.33. The van der Waals surface area contributed by atoms with Crippen molar-refractivity contribution in [3.63, 3.8) is 0 Å². The Kier molecular flexibility index (Phi) is 16.3. The van der Waals surface area contributed by atoms with Crippen LogP contribution in [0.5, 0.6) is 11.5 Å². The second kappa shape index (κ2) is 21.6. The Hall–Kier alpha value is -5.72. The van der Waals surface area contributed by atoms with Gasteiger partial charge in [-0.2, -0.15) is 20.5 Å². The van der Waals surface area contributed by atoms with Gasteiger partial charge in [-0.1, -0.05) is 36.4 Å². The Morgan fingerprint density at radius 3 is 1.38 bits per heavy atom. The molecule has 0 aromatic heterocycles. The third-order valence-corrected chi connectivity index (χ3v) is 7.73. The van der Waals surface area contributed by atoms with Gasteiger partial charge in [0.1, 0.15) is 22.9 Å². The molecular formula is C39H38Cl2N6O6. The van der Waals surface area contributed by atoms with Gasteiger partial charge in [-0.3, -0.25) is 0 Å². The first kappa shape index (κ1) is 40.1. The number of aryl methyl sites for hydroxylation is 1. The first-order chi connectivity index (χ1) is 25.7. The van der Waals surface area contributed by atoms with Gasteiger partial charge in [0, 0.05) is 24.3 Å². The maximum absolute atomic E-state index is 11.1. The second-order valence-corrected chi connectivity index (χ2v) is 12.0. The number of carbonyl (C=O) groups is 2. The molecule has 0 spiro atoms. The SMILES string of the molecule is C=CC(=O)OCCCCOc1ccc(N=Nc2ccc(N=Nc3ccc(N=Nc4ccc(OCCCCOC(=O)C=C)cc4Cl)cc3C)cc2)c(Cl)c1. The van der Waals surface area contributed by atoms with Gasteiger partial charge in [0.15, 0.2) is 0 Å². The van der Waals surface area contributed by atoms with Crippen molar-refractivity contribution in [1.82, 2.24) is 0 Å². The van der Waals surface area contributed by atoms with Gasteiger partial charge in [0.2, 0.25) is 0 Å². The standard InChI is InChI=1S/C39H38Cl2N6O6/c1-4-38(48)52-22-8-6-20-50-31-15-18-36(33(40)25-31)46-43-29-12-10-28(11-13-29)42-45-35-17-14-30(24-27(35)3)44-47-37-19-16-32(26-34(37)41)51-21-7-9-23-53-39(49)5-2/h4-5,10-19,24-26H,1-2,6-9,20-23H2,3H3. The number of hydrogen-bond acceptors (Lipinski definition) is 12. The lowest BCUT2D eigenvalue weighted by Gasteiger charge is -2.07. The van der Waals surface area contributed by atoms with Crippen LogP contribution in [0.4, 0.5) is 34.1 Å². The van der Waals surface area contributed by atoms with E-state index in [-0.39, 0.29) is 0 Å². The molecule has 0 heterocycles. The van der Waals surface area contributed by atoms with Crippen LogP contribution in [0.2, 0.25) is 10.0 Å². The van der Waals surface area contributed by atoms with Crippen molar-refractivity contribution in [2.45, 2.75) is 32.6 Å². The summed E-state index contributed by atoms with van der Waals surface area (Å²) in [6, 6.07) is 23.0. The fourth-order valence-electron chi connectivity index (χ4n) is 4.30. The Labute approximate surface area is 317 Å². The zero-order chi connectivity index (χ0) is 37.8. The van der Waals surface area contributed by atoms with Gasteiger partial charge in [0.25, 0.3) is 0 Å². The molecule has 0 radical (unpaired) electrons. The predicted octanol–water partition coefficient (Wildman–Crippen LogP) is 12.3. The van der Waals surface area contributed by atoms with Crippen LogP contribution in [0, 0.1) is 6.92 Å². The number of rotatable bonds is 20. The molecule has 0 aliphatic heterocycles. The largest absolute Gasteiger partial charge is 0.494 e. The molecule has 0 saturated carbocycles. The van der Waals surface area contributed by atoms with E-state index in [4.69, 9.17) is 42.1 Å². The summed E-state index contributed by atoms with van der Waals surface area (Å²) in [5.74, 6) is 0.343. The molecule has 274 valence electrons. The molecule has 4 aromatic rings. The van der Waals surface area contributed by atoms with Crippen LogP contribution in [-0.4, -0.2) is 38.4 Å². The molecule has 4 aromatic carbocycles. The number of benzene rings is 4. The highest BCUT2D eigenvalue weighted by Gasteiger charge is 2.06. The van der Waals surface area contributed by atoms with Gasteiger partial charge < -0.3 is 18.9 Å². The van der Waals surface area contributed by atoms with E-state index in [0.717, 1.165) is 17.7 Å². The summed E-state index contributed by atoms with van der Waals surface area (Å²) in [5.41, 5.74) is 4.44. The van der Waals surface area contributed by atoms with E-state index in [1.165, 1.54) is 0 Å². The summed E-state index contributed by atoms with van der Waals surface area (Å²) in [5, 5.41) is 26.7. The first-order valence-corrected chi connectivity index (χ1v) is 17.4. The van der Waals surface area contributed by atoms with Crippen LogP contribution in [0.25, 0.3) is 0 Å². The van der Waals surface area contributed by atoms with Crippen LogP contribution in [-0.2, 0) is 19.1 Å². The van der Waals surface area contributed by atoms with Crippen LogP contribution >= 0.6 is 23.2 Å². The van der Waals surface area contributed by atoms with Gasteiger partial charge in [0.05, 0.1) is 59.2 Å². The molecule has 0 aliphatic rings. The predicted molar refractivity (Wildman–Crippen MR) is 205 cm³/mol. The first-order valence-electron chi connectivity index (χ1n) is 16.6. The third kappa shape index (κ3) is 14.1. The monoisotopic (exact) mass is 756 g/mol. The molecule has 4 rings (SSSR count). The van der Waals surface area contributed by atoms with E-state index in [1.54, 1.807) is 66.7 Å². The number of ether oxygens (including phenoxy) is 4. The fourth-order valence-corrected chi connectivity index (χ4v) is 4.72. The zero-order valence-electron chi connectivity index (χ0n) is 29.1. The average Bonchev–Trinajstić information content (AvgIpc) is 3.16. The molecular weight excluding hydrogens is 719 g/mol. The number of carbonyl (C=O) groups excluding carboxylic acids is 2. The normalized spacial score (nSPS) is 11.2. The number of azo groups is 3. The number of unbranched alkanes of at least 4 members (excludes halogenated alkanes) is 2. The molecule has 0 saturated heterocycles. The van der Waals surface area contributed by atoms with Crippen molar-refractivity contribution in [3.8, 4) is 11.5 Å². The molecule has 0 atom stereocenters. The van der Waals surface area contributed by atoms with Crippen LogP contribution in [0.15, 0.2) is 135 Å². The van der Waals surface area contributed by atoms with E-state index in [1.807, 2.05) is 19.1 Å². The number of esters is 2. The smallest absolute Gasteiger partial charge is 0.330 e. The van der Waals surface area contributed by atoms with Gasteiger partial charge in [-0.15, -0.1) is 10.2 Å². The molecule has 0 fully saturated rings. The topological polar surface area (TPSA) is 145 Å². The van der Waals surface area contributed by atoms with Crippen molar-refractivity contribution in [3.05, 3.63) is 120 Å². The van der Waals surface area contributed by atoms with E-state index in [9.17, 15) is 9.59 Å². The highest BCUT2D eigenvalue weighted by atomic mass is 35.5. The Morgan fingerprint density at radius 2 is 0.943 bits per heavy atom. The molecule has 14 heteroatoms. The molecule has 0 bridgehead atoms. The van der Waals surface area contributed by atoms with Gasteiger partial charge in [-0.05, 0) is 105 Å². The number of nitrogens with zero attached hydrogens (tertiary/aromatic N) is 6. The summed E-state index contributed by atoms with van der Waals surface area (Å²) in [4.78, 5) is 22.1. The van der Waals surface area contributed by atoms with Crippen LogP contribution in [0.3, 0.4) is 0 Å². The van der Waals surface area contributed by atoms with E-state index in [2.05, 4.69) is 43.8 Å². The molecule has 0 aliphatic carbocycles. The van der Waals surface area contributed by atoms with Crippen molar-refractivity contribution >= 4 is 69.3 Å². The van der Waals surface area contributed by atoms with E-state index < -0.39 is 11.9 Å². The van der Waals surface area contributed by atoms with Gasteiger partial charge >= 0.3 is 11.9 Å². The minimum atomic E-state index is -0.436. The lowest BCUT2D eigenvalue weighted by molar-refractivity contribution is -0.138. The van der Waals surface area contributed by atoms with E-state index >= 15 is 0 Å². The Morgan fingerprint density at radius 1 is 0.547 bits per heavy atom. The van der Waals surface area contributed by atoms with Crippen molar-refractivity contribution in [2.24, 2.45) is 30.7 Å². The lowest BCUT2D eigenvalue weighted by atomic mass is 10.2. The minimum Gasteiger partial charge on any atom is -0.494 e. The summed E-state index contributed by atoms with van der Waals surface area (Å²) in [7, 11) is 0. The Balaban J connectivity index is 1.23. The zero-order valence-corrected chi connectivity index (χ0v) is 30.6. The summed E-state index contributed by atoms with van der Waals surface area (Å²) < 4.78 is 21.3. The van der Waals surface area contributed by atoms with E-state index in [0.29, 0.717) is 108 Å². The highest BCUT2D eigenvalue weighted by molar-refractivity contribution is 6.33. The summed E-state index contributed by atoms with van der Waals surface area (Å²) in [6.45, 7) is 10.2. The molecule has 0 unspecified atom stereocenters. The summed E-state index contributed by atoms with van der Waals surface area (Å²) >= 11 is 12.8. The average molecular weight is 758 g/mol. The molecule has 53 heavy (non-hydrogen) atoms. The Bertz CT molecular complexity index is 1970. The number of hydrogen-bond donors (Lipinski definition) is 0. The fraction of sp³-hybridized carbons (Fsp3) is 0.231. The quantitative estimate of drug-likeness (QED) is 0.0379. The van der Waals surface area contributed by atoms with Crippen molar-refractivity contribution in [2.75, 3.05) is 26.4 Å². The maximum atomic E-state index is 11.1. The van der Waals surface area contributed by atoms with Gasteiger partial charge in [-0.25, -0.2) is 9.59 Å². The third-order valence-electron chi connectivity index (χ3n) is 7.12.